The third-order valence-electron chi connectivity index (χ3n) is 5.07. The van der Waals surface area contributed by atoms with E-state index in [2.05, 4.69) is 20.1 Å². The molecule has 28 heavy (non-hydrogen) atoms. The number of halogens is 1. The Bertz CT molecular complexity index is 965. The fourth-order valence-electron chi connectivity index (χ4n) is 3.57. The summed E-state index contributed by atoms with van der Waals surface area (Å²) in [7, 11) is 0. The lowest BCUT2D eigenvalue weighted by Gasteiger charge is -2.09. The Kier molecular flexibility index (Phi) is 5.72. The van der Waals surface area contributed by atoms with Gasteiger partial charge in [0.2, 0.25) is 5.91 Å². The molecule has 0 aliphatic carbocycles. The fraction of sp³-hybridized carbons (Fsp3) is 0.318. The molecule has 0 atom stereocenters. The SMILES string of the molecule is O=C(CCc1ccc(Cl)cc1)Nc1cccc(-c2nnc3n2CCCCC3)c1. The summed E-state index contributed by atoms with van der Waals surface area (Å²) in [5, 5.41) is 12.5. The molecule has 1 N–H and O–H groups in total. The van der Waals surface area contributed by atoms with Crippen LogP contribution in [0.15, 0.2) is 48.5 Å². The molecular formula is C22H23ClN4O. The molecule has 5 nitrogen and oxygen atoms in total. The van der Waals surface area contributed by atoms with Gasteiger partial charge in [-0.2, -0.15) is 0 Å². The summed E-state index contributed by atoms with van der Waals surface area (Å²) in [5.41, 5.74) is 2.86. The molecule has 3 aromatic rings. The van der Waals surface area contributed by atoms with Crippen molar-refractivity contribution in [3.63, 3.8) is 0 Å². The van der Waals surface area contributed by atoms with Crippen molar-refractivity contribution < 1.29 is 4.79 Å². The number of fused-ring (bicyclic) bond motifs is 1. The molecule has 0 saturated carbocycles. The van der Waals surface area contributed by atoms with Gasteiger partial charge in [0, 0.05) is 35.7 Å². The molecule has 0 radical (unpaired) electrons. The zero-order valence-electron chi connectivity index (χ0n) is 15.7. The monoisotopic (exact) mass is 394 g/mol. The first kappa shape index (κ1) is 18.7. The van der Waals surface area contributed by atoms with Gasteiger partial charge in [-0.15, -0.1) is 10.2 Å². The number of rotatable bonds is 5. The van der Waals surface area contributed by atoms with Crippen LogP contribution in [0.5, 0.6) is 0 Å². The van der Waals surface area contributed by atoms with Crippen molar-refractivity contribution in [3.8, 4) is 11.4 Å². The van der Waals surface area contributed by atoms with Crippen LogP contribution in [0, 0.1) is 0 Å². The van der Waals surface area contributed by atoms with E-state index in [0.29, 0.717) is 17.9 Å². The number of carbonyl (C=O) groups excluding carboxylic acids is 1. The first-order chi connectivity index (χ1) is 13.7. The van der Waals surface area contributed by atoms with Gasteiger partial charge in [-0.25, -0.2) is 0 Å². The number of carbonyl (C=O) groups is 1. The smallest absolute Gasteiger partial charge is 0.224 e. The predicted molar refractivity (Wildman–Crippen MR) is 111 cm³/mol. The summed E-state index contributed by atoms with van der Waals surface area (Å²) in [5.74, 6) is 1.94. The normalized spacial score (nSPS) is 13.6. The van der Waals surface area contributed by atoms with E-state index in [1.54, 1.807) is 0 Å². The summed E-state index contributed by atoms with van der Waals surface area (Å²) in [6, 6.07) is 15.4. The van der Waals surface area contributed by atoms with Gasteiger partial charge >= 0.3 is 0 Å². The van der Waals surface area contributed by atoms with Gasteiger partial charge in [0.25, 0.3) is 0 Å². The Balaban J connectivity index is 1.43. The maximum absolute atomic E-state index is 12.4. The highest BCUT2D eigenvalue weighted by atomic mass is 35.5. The summed E-state index contributed by atoms with van der Waals surface area (Å²) >= 11 is 5.90. The second kappa shape index (κ2) is 8.57. The highest BCUT2D eigenvalue weighted by Crippen LogP contribution is 2.25. The van der Waals surface area contributed by atoms with Crippen LogP contribution < -0.4 is 5.32 Å². The van der Waals surface area contributed by atoms with Crippen molar-refractivity contribution in [2.24, 2.45) is 0 Å². The van der Waals surface area contributed by atoms with Crippen LogP contribution >= 0.6 is 11.6 Å². The predicted octanol–water partition coefficient (Wildman–Crippen LogP) is 4.90. The summed E-state index contributed by atoms with van der Waals surface area (Å²) < 4.78 is 2.22. The molecule has 1 amide bonds. The van der Waals surface area contributed by atoms with Crippen LogP contribution in [0.1, 0.15) is 37.1 Å². The molecule has 1 aromatic heterocycles. The zero-order chi connectivity index (χ0) is 19.3. The van der Waals surface area contributed by atoms with E-state index in [9.17, 15) is 4.79 Å². The number of nitrogens with zero attached hydrogens (tertiary/aromatic N) is 3. The van der Waals surface area contributed by atoms with Gasteiger partial charge in [-0.05, 0) is 49.1 Å². The molecule has 1 aliphatic rings. The summed E-state index contributed by atoms with van der Waals surface area (Å²) in [6.45, 7) is 0.954. The summed E-state index contributed by atoms with van der Waals surface area (Å²) in [4.78, 5) is 12.4. The van der Waals surface area contributed by atoms with Crippen LogP contribution in [-0.4, -0.2) is 20.7 Å². The number of anilines is 1. The third kappa shape index (κ3) is 4.42. The first-order valence-electron chi connectivity index (χ1n) is 9.76. The van der Waals surface area contributed by atoms with E-state index in [1.165, 1.54) is 12.8 Å². The molecule has 2 aromatic carbocycles. The highest BCUT2D eigenvalue weighted by Gasteiger charge is 2.16. The molecule has 0 spiro atoms. The molecule has 0 unspecified atom stereocenters. The number of nitrogens with one attached hydrogen (secondary N) is 1. The summed E-state index contributed by atoms with van der Waals surface area (Å²) in [6.07, 6.45) is 5.63. The van der Waals surface area contributed by atoms with E-state index in [1.807, 2.05) is 48.5 Å². The number of amides is 1. The van der Waals surface area contributed by atoms with Crippen molar-refractivity contribution in [2.45, 2.75) is 45.1 Å². The van der Waals surface area contributed by atoms with E-state index >= 15 is 0 Å². The van der Waals surface area contributed by atoms with E-state index in [0.717, 1.165) is 47.8 Å². The Hall–Kier alpha value is -2.66. The van der Waals surface area contributed by atoms with Gasteiger partial charge in [0.1, 0.15) is 5.82 Å². The molecule has 0 fully saturated rings. The Labute approximate surface area is 169 Å². The quantitative estimate of drug-likeness (QED) is 0.669. The van der Waals surface area contributed by atoms with Gasteiger partial charge in [-0.3, -0.25) is 4.79 Å². The van der Waals surface area contributed by atoms with Gasteiger partial charge in [0.15, 0.2) is 5.82 Å². The van der Waals surface area contributed by atoms with Gasteiger partial charge in [-0.1, -0.05) is 42.3 Å². The Morgan fingerprint density at radius 1 is 1.07 bits per heavy atom. The van der Waals surface area contributed by atoms with E-state index in [4.69, 9.17) is 11.6 Å². The zero-order valence-corrected chi connectivity index (χ0v) is 16.5. The van der Waals surface area contributed by atoms with Crippen molar-refractivity contribution >= 4 is 23.2 Å². The molecule has 4 rings (SSSR count). The van der Waals surface area contributed by atoms with Crippen molar-refractivity contribution in [1.82, 2.24) is 14.8 Å². The lowest BCUT2D eigenvalue weighted by atomic mass is 10.1. The average molecular weight is 395 g/mol. The largest absolute Gasteiger partial charge is 0.326 e. The Morgan fingerprint density at radius 3 is 2.79 bits per heavy atom. The first-order valence-corrected chi connectivity index (χ1v) is 10.1. The van der Waals surface area contributed by atoms with Gasteiger partial charge in [0.05, 0.1) is 0 Å². The number of benzene rings is 2. The number of hydrogen-bond acceptors (Lipinski definition) is 3. The molecule has 1 aliphatic heterocycles. The van der Waals surface area contributed by atoms with Gasteiger partial charge < -0.3 is 9.88 Å². The minimum Gasteiger partial charge on any atom is -0.326 e. The average Bonchev–Trinajstić information content (AvgIpc) is 2.96. The molecule has 0 bridgehead atoms. The van der Waals surface area contributed by atoms with Crippen molar-refractivity contribution in [1.29, 1.82) is 0 Å². The van der Waals surface area contributed by atoms with E-state index in [-0.39, 0.29) is 5.91 Å². The van der Waals surface area contributed by atoms with Crippen LogP contribution in [0.2, 0.25) is 5.02 Å². The molecular weight excluding hydrogens is 372 g/mol. The molecule has 144 valence electrons. The lowest BCUT2D eigenvalue weighted by Crippen LogP contribution is -2.12. The maximum atomic E-state index is 12.4. The van der Waals surface area contributed by atoms with Crippen LogP contribution in [0.25, 0.3) is 11.4 Å². The number of aryl methyl sites for hydroxylation is 2. The maximum Gasteiger partial charge on any atom is 0.224 e. The fourth-order valence-corrected chi connectivity index (χ4v) is 3.69. The topological polar surface area (TPSA) is 59.8 Å². The second-order valence-electron chi connectivity index (χ2n) is 7.16. The molecule has 6 heteroatoms. The van der Waals surface area contributed by atoms with Crippen LogP contribution in [0.3, 0.4) is 0 Å². The Morgan fingerprint density at radius 2 is 1.93 bits per heavy atom. The van der Waals surface area contributed by atoms with E-state index < -0.39 is 0 Å². The minimum absolute atomic E-state index is 0.00725. The lowest BCUT2D eigenvalue weighted by molar-refractivity contribution is -0.116. The molecule has 2 heterocycles. The number of aromatic nitrogens is 3. The number of hydrogen-bond donors (Lipinski definition) is 1. The van der Waals surface area contributed by atoms with Crippen molar-refractivity contribution in [3.05, 3.63) is 64.9 Å². The molecule has 0 saturated heterocycles. The minimum atomic E-state index is -0.00725. The second-order valence-corrected chi connectivity index (χ2v) is 7.59. The standard InChI is InChI=1S/C22H23ClN4O/c23-18-11-8-16(9-12-18)10-13-21(28)24-19-6-4-5-17(15-19)22-26-25-20-7-2-1-3-14-27(20)22/h4-6,8-9,11-12,15H,1-3,7,10,13-14H2,(H,24,28). The van der Waals surface area contributed by atoms with Crippen molar-refractivity contribution in [2.75, 3.05) is 5.32 Å². The van der Waals surface area contributed by atoms with Crippen LogP contribution in [0.4, 0.5) is 5.69 Å². The van der Waals surface area contributed by atoms with Crippen LogP contribution in [-0.2, 0) is 24.2 Å². The third-order valence-corrected chi connectivity index (χ3v) is 5.32. The highest BCUT2D eigenvalue weighted by molar-refractivity contribution is 6.30.